The molecular weight excluding hydrogens is 392 g/mol. The molecule has 0 radical (unpaired) electrons. The molecule has 2 heteroatoms. The zero-order valence-corrected chi connectivity index (χ0v) is 21.1. The fraction of sp³-hybridized carbons (Fsp3) is 0.600. The van der Waals surface area contributed by atoms with Gasteiger partial charge in [0.2, 0.25) is 0 Å². The van der Waals surface area contributed by atoms with Gasteiger partial charge in [-0.15, -0.1) is 0 Å². The Morgan fingerprint density at radius 1 is 0.500 bits per heavy atom. The van der Waals surface area contributed by atoms with Crippen molar-refractivity contribution in [3.05, 3.63) is 48.5 Å². The average molecular weight is 439 g/mol. The molecule has 0 heterocycles. The molecule has 0 spiro atoms. The highest BCUT2D eigenvalue weighted by Crippen LogP contribution is 2.27. The van der Waals surface area contributed by atoms with Crippen molar-refractivity contribution in [3.8, 4) is 22.6 Å². The maximum Gasteiger partial charge on any atom is 0.119 e. The van der Waals surface area contributed by atoms with Gasteiger partial charge in [-0.25, -0.2) is 0 Å². The molecule has 0 saturated carbocycles. The van der Waals surface area contributed by atoms with E-state index in [2.05, 4.69) is 76.2 Å². The molecule has 1 unspecified atom stereocenters. The molecule has 2 aromatic rings. The van der Waals surface area contributed by atoms with Gasteiger partial charge < -0.3 is 9.47 Å². The van der Waals surface area contributed by atoms with E-state index in [1.54, 1.807) is 0 Å². The fourth-order valence-electron chi connectivity index (χ4n) is 4.13. The van der Waals surface area contributed by atoms with Gasteiger partial charge in [0.25, 0.3) is 0 Å². The van der Waals surface area contributed by atoms with Crippen LogP contribution in [-0.4, -0.2) is 12.2 Å². The summed E-state index contributed by atoms with van der Waals surface area (Å²) >= 11 is 0. The number of unbranched alkanes of at least 4 members (excludes halogenated alkanes) is 6. The first-order valence-electron chi connectivity index (χ1n) is 13.2. The summed E-state index contributed by atoms with van der Waals surface area (Å²) in [6, 6.07) is 17.1. The Kier molecular flexibility index (Phi) is 13.0. The second-order valence-electron chi connectivity index (χ2n) is 9.04. The maximum absolute atomic E-state index is 6.24. The van der Waals surface area contributed by atoms with Gasteiger partial charge in [0, 0.05) is 0 Å². The molecule has 0 N–H and O–H groups in total. The number of hydrogen-bond donors (Lipinski definition) is 0. The largest absolute Gasteiger partial charge is 0.490 e. The minimum atomic E-state index is 0.322. The van der Waals surface area contributed by atoms with Crippen molar-refractivity contribution in [2.75, 3.05) is 0 Å². The zero-order chi connectivity index (χ0) is 23.0. The van der Waals surface area contributed by atoms with E-state index in [9.17, 15) is 0 Å². The number of hydrogen-bond acceptors (Lipinski definition) is 2. The third-order valence-electron chi connectivity index (χ3n) is 6.32. The second-order valence-corrected chi connectivity index (χ2v) is 9.04. The molecule has 0 bridgehead atoms. The van der Waals surface area contributed by atoms with E-state index in [0.29, 0.717) is 12.2 Å². The van der Waals surface area contributed by atoms with E-state index < -0.39 is 0 Å². The molecule has 2 aromatic carbocycles. The standard InChI is InChI=1S/C30H46O2/c1-5-9-11-13-15-27(7-3)31-29-21-17-25(18-22-29)26-19-23-30(24-20-26)32-28(8-4)16-14-12-10-6-2/h17-24,27-28H,5-16H2,1-4H3/t27-,28?/m1/s1. The lowest BCUT2D eigenvalue weighted by atomic mass is 10.0. The molecule has 0 saturated heterocycles. The Hall–Kier alpha value is -1.96. The number of benzene rings is 2. The van der Waals surface area contributed by atoms with E-state index in [1.165, 1.54) is 62.5 Å². The van der Waals surface area contributed by atoms with Crippen molar-refractivity contribution in [2.45, 2.75) is 117 Å². The monoisotopic (exact) mass is 438 g/mol. The SMILES string of the molecule is CCCCCCC(CC)Oc1ccc(-c2ccc(O[C@H](CC)CCCCCC)cc2)cc1. The molecule has 2 atom stereocenters. The Morgan fingerprint density at radius 2 is 0.875 bits per heavy atom. The topological polar surface area (TPSA) is 18.5 Å². The molecule has 0 aliphatic carbocycles. The van der Waals surface area contributed by atoms with Crippen LogP contribution in [0.15, 0.2) is 48.5 Å². The van der Waals surface area contributed by atoms with E-state index in [4.69, 9.17) is 9.47 Å². The summed E-state index contributed by atoms with van der Waals surface area (Å²) in [4.78, 5) is 0. The van der Waals surface area contributed by atoms with E-state index in [-0.39, 0.29) is 0 Å². The van der Waals surface area contributed by atoms with Crippen LogP contribution in [0, 0.1) is 0 Å². The molecule has 0 aliphatic heterocycles. The molecule has 2 nitrogen and oxygen atoms in total. The van der Waals surface area contributed by atoms with Gasteiger partial charge in [-0.3, -0.25) is 0 Å². The first-order chi connectivity index (χ1) is 15.7. The Bertz CT molecular complexity index is 641. The molecule has 0 amide bonds. The minimum Gasteiger partial charge on any atom is -0.490 e. The van der Waals surface area contributed by atoms with Crippen LogP contribution in [-0.2, 0) is 0 Å². The molecule has 32 heavy (non-hydrogen) atoms. The van der Waals surface area contributed by atoms with Gasteiger partial charge in [-0.1, -0.05) is 90.5 Å². The highest BCUT2D eigenvalue weighted by Gasteiger charge is 2.10. The lowest BCUT2D eigenvalue weighted by Gasteiger charge is -2.18. The van der Waals surface area contributed by atoms with Crippen LogP contribution in [0.25, 0.3) is 11.1 Å². The summed E-state index contributed by atoms with van der Waals surface area (Å²) in [7, 11) is 0. The fourth-order valence-corrected chi connectivity index (χ4v) is 4.13. The first kappa shape index (κ1) is 26.3. The Labute approximate surface area is 197 Å². The summed E-state index contributed by atoms with van der Waals surface area (Å²) in [5, 5.41) is 0. The highest BCUT2D eigenvalue weighted by atomic mass is 16.5. The van der Waals surface area contributed by atoms with Crippen LogP contribution in [0.5, 0.6) is 11.5 Å². The Balaban J connectivity index is 1.86. The van der Waals surface area contributed by atoms with Crippen molar-refractivity contribution in [1.82, 2.24) is 0 Å². The van der Waals surface area contributed by atoms with Crippen LogP contribution in [0.1, 0.15) is 105 Å². The molecule has 2 rings (SSSR count). The van der Waals surface area contributed by atoms with Crippen molar-refractivity contribution >= 4 is 0 Å². The van der Waals surface area contributed by atoms with Crippen LogP contribution in [0.4, 0.5) is 0 Å². The van der Waals surface area contributed by atoms with Crippen LogP contribution in [0.3, 0.4) is 0 Å². The normalized spacial score (nSPS) is 13.0. The summed E-state index contributed by atoms with van der Waals surface area (Å²) in [5.41, 5.74) is 2.43. The number of ether oxygens (including phenoxy) is 2. The van der Waals surface area contributed by atoms with Crippen LogP contribution < -0.4 is 9.47 Å². The molecule has 178 valence electrons. The van der Waals surface area contributed by atoms with Gasteiger partial charge >= 0.3 is 0 Å². The molecular formula is C30H46O2. The lowest BCUT2D eigenvalue weighted by molar-refractivity contribution is 0.182. The second kappa shape index (κ2) is 15.8. The van der Waals surface area contributed by atoms with E-state index in [1.807, 2.05) is 0 Å². The average Bonchev–Trinajstić information content (AvgIpc) is 2.84. The van der Waals surface area contributed by atoms with Gasteiger partial charge in [-0.2, -0.15) is 0 Å². The van der Waals surface area contributed by atoms with Crippen molar-refractivity contribution in [1.29, 1.82) is 0 Å². The molecule has 0 fully saturated rings. The zero-order valence-electron chi connectivity index (χ0n) is 21.1. The lowest BCUT2D eigenvalue weighted by Crippen LogP contribution is -2.15. The van der Waals surface area contributed by atoms with Gasteiger partial charge in [0.15, 0.2) is 0 Å². The summed E-state index contributed by atoms with van der Waals surface area (Å²) in [5.74, 6) is 1.95. The van der Waals surface area contributed by atoms with Crippen molar-refractivity contribution in [3.63, 3.8) is 0 Å². The van der Waals surface area contributed by atoms with Gasteiger partial charge in [0.1, 0.15) is 11.5 Å². The Morgan fingerprint density at radius 3 is 1.19 bits per heavy atom. The van der Waals surface area contributed by atoms with Crippen LogP contribution in [0.2, 0.25) is 0 Å². The molecule has 0 aliphatic rings. The minimum absolute atomic E-state index is 0.322. The van der Waals surface area contributed by atoms with Gasteiger partial charge in [-0.05, 0) is 73.9 Å². The molecule has 0 aromatic heterocycles. The predicted octanol–water partition coefficient (Wildman–Crippen LogP) is 9.61. The third kappa shape index (κ3) is 9.67. The van der Waals surface area contributed by atoms with E-state index >= 15 is 0 Å². The highest BCUT2D eigenvalue weighted by molar-refractivity contribution is 5.64. The summed E-state index contributed by atoms with van der Waals surface area (Å²) in [6.45, 7) is 8.95. The van der Waals surface area contributed by atoms with Crippen molar-refractivity contribution in [2.24, 2.45) is 0 Å². The quantitative estimate of drug-likeness (QED) is 0.229. The number of rotatable bonds is 17. The van der Waals surface area contributed by atoms with E-state index in [0.717, 1.165) is 37.2 Å². The maximum atomic E-state index is 6.24. The van der Waals surface area contributed by atoms with Crippen LogP contribution >= 0.6 is 0 Å². The summed E-state index contributed by atoms with van der Waals surface area (Å²) in [6.07, 6.45) is 15.4. The van der Waals surface area contributed by atoms with Gasteiger partial charge in [0.05, 0.1) is 12.2 Å². The van der Waals surface area contributed by atoms with Crippen molar-refractivity contribution < 1.29 is 9.47 Å². The smallest absolute Gasteiger partial charge is 0.119 e. The first-order valence-corrected chi connectivity index (χ1v) is 13.2. The predicted molar refractivity (Wildman–Crippen MR) is 139 cm³/mol. The summed E-state index contributed by atoms with van der Waals surface area (Å²) < 4.78 is 12.5. The third-order valence-corrected chi connectivity index (χ3v) is 6.32.